The van der Waals surface area contributed by atoms with Gasteiger partial charge in [-0.2, -0.15) is 10.2 Å². The van der Waals surface area contributed by atoms with Crippen molar-refractivity contribution in [1.29, 1.82) is 0 Å². The van der Waals surface area contributed by atoms with Gasteiger partial charge in [0.15, 0.2) is 5.82 Å². The monoisotopic (exact) mass is 387 g/mol. The normalized spacial score (nSPS) is 11.5. The number of aromatic amines is 1. The minimum absolute atomic E-state index is 0.328. The molecule has 0 aliphatic heterocycles. The maximum Gasteiger partial charge on any atom is 0.152 e. The molecule has 0 aliphatic rings. The van der Waals surface area contributed by atoms with Crippen molar-refractivity contribution in [1.82, 2.24) is 20.0 Å². The Balaban J connectivity index is 1.93. The van der Waals surface area contributed by atoms with Crippen molar-refractivity contribution in [2.75, 3.05) is 11.9 Å². The number of halogens is 2. The minimum atomic E-state index is -0.328. The largest absolute Gasteiger partial charge is 0.329 e. The summed E-state index contributed by atoms with van der Waals surface area (Å²) >= 11 is 3.37. The third-order valence-electron chi connectivity index (χ3n) is 4.16. The van der Waals surface area contributed by atoms with Crippen LogP contribution in [-0.4, -0.2) is 27.0 Å². The number of nitrogens with one attached hydrogen (secondary N) is 1. The van der Waals surface area contributed by atoms with Crippen LogP contribution in [0.2, 0.25) is 0 Å². The first-order chi connectivity index (χ1) is 11.6. The molecule has 24 heavy (non-hydrogen) atoms. The van der Waals surface area contributed by atoms with Gasteiger partial charge in [-0.1, -0.05) is 15.9 Å². The molecule has 0 saturated heterocycles. The predicted molar refractivity (Wildman–Crippen MR) is 97.2 cm³/mol. The van der Waals surface area contributed by atoms with Gasteiger partial charge in [-0.15, -0.1) is 0 Å². The van der Waals surface area contributed by atoms with Gasteiger partial charge in [0.2, 0.25) is 0 Å². The Morgan fingerprint density at radius 3 is 2.92 bits per heavy atom. The molecule has 2 aromatic heterocycles. The Morgan fingerprint density at radius 2 is 2.12 bits per heavy atom. The van der Waals surface area contributed by atoms with Gasteiger partial charge >= 0.3 is 0 Å². The summed E-state index contributed by atoms with van der Waals surface area (Å²) in [5.74, 6) is 0.525. The molecule has 122 valence electrons. The summed E-state index contributed by atoms with van der Waals surface area (Å²) in [6, 6.07) is 9.39. The summed E-state index contributed by atoms with van der Waals surface area (Å²) in [5.41, 5.74) is 2.31. The Hall–Kier alpha value is -2.41. The lowest BCUT2D eigenvalue weighted by atomic mass is 10.2. The van der Waals surface area contributed by atoms with Crippen molar-refractivity contribution in [3.05, 3.63) is 46.8 Å². The lowest BCUT2D eigenvalue weighted by Gasteiger charge is -2.21. The molecule has 5 nitrogen and oxygen atoms in total. The van der Waals surface area contributed by atoms with Crippen molar-refractivity contribution in [3.63, 3.8) is 0 Å². The number of H-pyrrole nitrogens is 1. The van der Waals surface area contributed by atoms with Crippen LogP contribution in [0, 0.1) is 5.82 Å². The number of rotatable bonds is 3. The fourth-order valence-corrected chi connectivity index (χ4v) is 3.41. The maximum atomic E-state index is 14.3. The number of aromatic nitrogens is 4. The van der Waals surface area contributed by atoms with E-state index in [9.17, 15) is 4.39 Å². The number of nitrogens with zero attached hydrogens (tertiary/aromatic N) is 4. The van der Waals surface area contributed by atoms with E-state index < -0.39 is 0 Å². The van der Waals surface area contributed by atoms with E-state index in [0.717, 1.165) is 27.8 Å². The molecular formula is C17H15BrFN5. The molecular weight excluding hydrogens is 373 g/mol. The predicted octanol–water partition coefficient (Wildman–Crippen LogP) is 4.60. The van der Waals surface area contributed by atoms with Crippen LogP contribution in [0.25, 0.3) is 21.8 Å². The molecule has 0 fully saturated rings. The second kappa shape index (κ2) is 5.59. The molecule has 0 radical (unpaired) electrons. The molecule has 2 aromatic carbocycles. The smallest absolute Gasteiger partial charge is 0.152 e. The highest BCUT2D eigenvalue weighted by Gasteiger charge is 2.19. The molecule has 0 unspecified atom stereocenters. The van der Waals surface area contributed by atoms with E-state index >= 15 is 0 Å². The van der Waals surface area contributed by atoms with E-state index in [2.05, 4.69) is 31.2 Å². The van der Waals surface area contributed by atoms with Crippen LogP contribution in [0.1, 0.15) is 6.92 Å². The molecule has 2 heterocycles. The Morgan fingerprint density at radius 1 is 1.29 bits per heavy atom. The van der Waals surface area contributed by atoms with Gasteiger partial charge in [0.05, 0.1) is 11.7 Å². The number of hydrogen-bond donors (Lipinski definition) is 1. The summed E-state index contributed by atoms with van der Waals surface area (Å²) < 4.78 is 16.8. The molecule has 1 N–H and O–H groups in total. The number of hydrogen-bond acceptors (Lipinski definition) is 3. The fraction of sp³-hybridized carbons (Fsp3) is 0.176. The molecule has 0 atom stereocenters. The Kier molecular flexibility index (Phi) is 3.53. The number of aryl methyl sites for hydroxylation is 1. The van der Waals surface area contributed by atoms with Gasteiger partial charge in [0, 0.05) is 34.5 Å². The average molecular weight is 388 g/mol. The van der Waals surface area contributed by atoms with Gasteiger partial charge in [-0.05, 0) is 37.3 Å². The van der Waals surface area contributed by atoms with E-state index in [0.29, 0.717) is 16.5 Å². The highest BCUT2D eigenvalue weighted by atomic mass is 79.9. The van der Waals surface area contributed by atoms with Crippen LogP contribution >= 0.6 is 15.9 Å². The number of anilines is 2. The van der Waals surface area contributed by atoms with Gasteiger partial charge in [0.1, 0.15) is 11.3 Å². The molecule has 0 aliphatic carbocycles. The van der Waals surface area contributed by atoms with Crippen molar-refractivity contribution >= 4 is 49.2 Å². The maximum absolute atomic E-state index is 14.3. The Bertz CT molecular complexity index is 1050. The van der Waals surface area contributed by atoms with Gasteiger partial charge in [0.25, 0.3) is 0 Å². The van der Waals surface area contributed by atoms with Gasteiger partial charge in [-0.3, -0.25) is 5.10 Å². The molecule has 0 spiro atoms. The third kappa shape index (κ3) is 2.27. The first-order valence-electron chi connectivity index (χ1n) is 7.61. The van der Waals surface area contributed by atoms with Crippen LogP contribution in [0.4, 0.5) is 15.9 Å². The molecule has 4 rings (SSSR count). The van der Waals surface area contributed by atoms with E-state index in [1.807, 2.05) is 47.8 Å². The summed E-state index contributed by atoms with van der Waals surface area (Å²) in [7, 11) is 1.96. The number of benzene rings is 2. The molecule has 0 saturated carbocycles. The zero-order chi connectivity index (χ0) is 16.8. The fourth-order valence-electron chi connectivity index (χ4n) is 2.98. The van der Waals surface area contributed by atoms with Crippen molar-refractivity contribution in [2.24, 2.45) is 0 Å². The molecule has 0 bridgehead atoms. The van der Waals surface area contributed by atoms with E-state index in [4.69, 9.17) is 0 Å². The molecule has 7 heteroatoms. The zero-order valence-corrected chi connectivity index (χ0v) is 14.8. The first-order valence-corrected chi connectivity index (χ1v) is 8.40. The van der Waals surface area contributed by atoms with Gasteiger partial charge < -0.3 is 4.90 Å². The first kappa shape index (κ1) is 15.1. The summed E-state index contributed by atoms with van der Waals surface area (Å²) in [5, 5.41) is 13.3. The highest BCUT2D eigenvalue weighted by molar-refractivity contribution is 9.10. The van der Waals surface area contributed by atoms with Crippen LogP contribution in [0.15, 0.2) is 41.0 Å². The molecule has 4 aromatic rings. The Labute approximate surface area is 146 Å². The quantitative estimate of drug-likeness (QED) is 0.558. The van der Waals surface area contributed by atoms with Crippen LogP contribution in [0.3, 0.4) is 0 Å². The van der Waals surface area contributed by atoms with Crippen molar-refractivity contribution in [2.45, 2.75) is 13.5 Å². The standard InChI is InChI=1S/C17H15BrFN5/c1-3-24-17(13-6-11(18)7-14(19)16(13)22-24)23(2)12-5-4-10-9-20-21-15(10)8-12/h4-9H,3H2,1-2H3,(H,20,21). The van der Waals surface area contributed by atoms with E-state index in [-0.39, 0.29) is 5.82 Å². The van der Waals surface area contributed by atoms with Crippen molar-refractivity contribution < 1.29 is 4.39 Å². The lowest BCUT2D eigenvalue weighted by molar-refractivity contribution is 0.622. The highest BCUT2D eigenvalue weighted by Crippen LogP contribution is 2.35. The summed E-state index contributed by atoms with van der Waals surface area (Å²) in [6.07, 6.45) is 1.79. The topological polar surface area (TPSA) is 49.7 Å². The molecule has 0 amide bonds. The number of fused-ring (bicyclic) bond motifs is 2. The van der Waals surface area contributed by atoms with Gasteiger partial charge in [-0.25, -0.2) is 9.07 Å². The third-order valence-corrected chi connectivity index (χ3v) is 4.62. The van der Waals surface area contributed by atoms with Crippen LogP contribution in [0.5, 0.6) is 0 Å². The second-order valence-corrected chi connectivity index (χ2v) is 6.54. The summed E-state index contributed by atoms with van der Waals surface area (Å²) in [6.45, 7) is 2.64. The van der Waals surface area contributed by atoms with E-state index in [1.54, 1.807) is 6.20 Å². The van der Waals surface area contributed by atoms with E-state index in [1.165, 1.54) is 6.07 Å². The van der Waals surface area contributed by atoms with Crippen LogP contribution in [-0.2, 0) is 6.54 Å². The van der Waals surface area contributed by atoms with Crippen molar-refractivity contribution in [3.8, 4) is 0 Å². The average Bonchev–Trinajstić information content (AvgIpc) is 3.17. The second-order valence-electron chi connectivity index (χ2n) is 5.62. The zero-order valence-electron chi connectivity index (χ0n) is 13.2. The minimum Gasteiger partial charge on any atom is -0.329 e. The van der Waals surface area contributed by atoms with Crippen LogP contribution < -0.4 is 4.90 Å². The summed E-state index contributed by atoms with van der Waals surface area (Å²) in [4.78, 5) is 2.02. The SMILES string of the molecule is CCn1nc2c(F)cc(Br)cc2c1N(C)c1ccc2cn[nH]c2c1. The lowest BCUT2D eigenvalue weighted by Crippen LogP contribution is -2.15.